The van der Waals surface area contributed by atoms with Crippen molar-refractivity contribution in [1.29, 1.82) is 0 Å². The zero-order valence-electron chi connectivity index (χ0n) is 18.8. The van der Waals surface area contributed by atoms with E-state index >= 15 is 0 Å². The van der Waals surface area contributed by atoms with Crippen LogP contribution in [0.5, 0.6) is 0 Å². The maximum Gasteiger partial charge on any atom is 0.261 e. The highest BCUT2D eigenvalue weighted by molar-refractivity contribution is 7.92. The second-order valence-electron chi connectivity index (χ2n) is 7.97. The summed E-state index contributed by atoms with van der Waals surface area (Å²) in [6.45, 7) is 2.59. The monoisotopic (exact) mass is 471 g/mol. The number of aromatic nitrogens is 1. The average molecular weight is 472 g/mol. The van der Waals surface area contributed by atoms with Gasteiger partial charge in [0.2, 0.25) is 0 Å². The summed E-state index contributed by atoms with van der Waals surface area (Å²) in [4.78, 5) is 19.7. The Balaban J connectivity index is 1.66. The van der Waals surface area contributed by atoms with Crippen molar-refractivity contribution in [2.75, 3.05) is 4.72 Å². The highest BCUT2D eigenvalue weighted by Crippen LogP contribution is 2.23. The van der Waals surface area contributed by atoms with Gasteiger partial charge in [-0.2, -0.15) is 0 Å². The summed E-state index contributed by atoms with van der Waals surface area (Å²) in [6, 6.07) is 26.6. The summed E-state index contributed by atoms with van der Waals surface area (Å²) in [7, 11) is -3.86. The van der Waals surface area contributed by atoms with Crippen molar-refractivity contribution < 1.29 is 13.2 Å². The smallest absolute Gasteiger partial charge is 0.261 e. The highest BCUT2D eigenvalue weighted by Gasteiger charge is 2.23. The minimum atomic E-state index is -3.86. The summed E-state index contributed by atoms with van der Waals surface area (Å²) in [6.07, 6.45) is 3.40. The van der Waals surface area contributed by atoms with E-state index in [1.165, 1.54) is 0 Å². The van der Waals surface area contributed by atoms with Crippen LogP contribution >= 0.6 is 0 Å². The van der Waals surface area contributed by atoms with Crippen LogP contribution in [0.2, 0.25) is 0 Å². The Kier molecular flexibility index (Phi) is 7.04. The molecule has 0 radical (unpaired) electrons. The number of rotatable bonds is 8. The van der Waals surface area contributed by atoms with E-state index in [-0.39, 0.29) is 22.1 Å². The van der Waals surface area contributed by atoms with Gasteiger partial charge in [-0.1, -0.05) is 66.2 Å². The SMILES string of the molecule is Cc1ccc(S(=O)(=O)Nc2ccccc2C(=O)N(Cc2ccccc2)Cc2cccnc2)cc1. The van der Waals surface area contributed by atoms with Crippen LogP contribution in [0.15, 0.2) is 108 Å². The number of aryl methyl sites for hydroxylation is 1. The molecule has 0 spiro atoms. The van der Waals surface area contributed by atoms with Crippen LogP contribution in [0.1, 0.15) is 27.0 Å². The first kappa shape index (κ1) is 23.2. The summed E-state index contributed by atoms with van der Waals surface area (Å²) >= 11 is 0. The number of para-hydroxylation sites is 1. The molecule has 1 heterocycles. The predicted octanol–water partition coefficient (Wildman–Crippen LogP) is 5.03. The van der Waals surface area contributed by atoms with Crippen LogP contribution in [-0.2, 0) is 23.1 Å². The number of nitrogens with zero attached hydrogens (tertiary/aromatic N) is 2. The fraction of sp³-hybridized carbons (Fsp3) is 0.111. The molecule has 0 fully saturated rings. The van der Waals surface area contributed by atoms with Crippen molar-refractivity contribution in [1.82, 2.24) is 9.88 Å². The Morgan fingerprint density at radius 3 is 2.18 bits per heavy atom. The van der Waals surface area contributed by atoms with Gasteiger partial charge in [-0.25, -0.2) is 8.42 Å². The molecular weight excluding hydrogens is 446 g/mol. The van der Waals surface area contributed by atoms with Gasteiger partial charge in [0.15, 0.2) is 0 Å². The third kappa shape index (κ3) is 5.68. The van der Waals surface area contributed by atoms with Gasteiger partial charge in [0.25, 0.3) is 15.9 Å². The summed E-state index contributed by atoms with van der Waals surface area (Å²) in [5.74, 6) is -0.282. The average Bonchev–Trinajstić information content (AvgIpc) is 2.85. The number of hydrogen-bond acceptors (Lipinski definition) is 4. The molecule has 3 aromatic carbocycles. The van der Waals surface area contributed by atoms with Gasteiger partial charge < -0.3 is 4.90 Å². The van der Waals surface area contributed by atoms with Crippen molar-refractivity contribution in [2.24, 2.45) is 0 Å². The van der Waals surface area contributed by atoms with E-state index in [1.807, 2.05) is 49.4 Å². The molecule has 1 aromatic heterocycles. The molecule has 0 aliphatic carbocycles. The molecule has 34 heavy (non-hydrogen) atoms. The van der Waals surface area contributed by atoms with Gasteiger partial charge in [0.1, 0.15) is 0 Å². The minimum absolute atomic E-state index is 0.136. The quantitative estimate of drug-likeness (QED) is 0.391. The lowest BCUT2D eigenvalue weighted by atomic mass is 10.1. The van der Waals surface area contributed by atoms with E-state index in [0.29, 0.717) is 13.1 Å². The number of anilines is 1. The van der Waals surface area contributed by atoms with Gasteiger partial charge in [0.05, 0.1) is 16.1 Å². The Hall–Kier alpha value is -3.97. The van der Waals surface area contributed by atoms with Crippen molar-refractivity contribution >= 4 is 21.6 Å². The number of nitrogens with one attached hydrogen (secondary N) is 1. The summed E-state index contributed by atoms with van der Waals surface area (Å²) in [5.41, 5.74) is 3.32. The lowest BCUT2D eigenvalue weighted by Crippen LogP contribution is -2.31. The number of carbonyl (C=O) groups is 1. The van der Waals surface area contributed by atoms with Gasteiger partial charge in [-0.3, -0.25) is 14.5 Å². The van der Waals surface area contributed by atoms with E-state index in [0.717, 1.165) is 16.7 Å². The van der Waals surface area contributed by atoms with Crippen molar-refractivity contribution in [3.63, 3.8) is 0 Å². The maximum absolute atomic E-state index is 13.7. The largest absolute Gasteiger partial charge is 0.330 e. The molecule has 4 rings (SSSR count). The first-order chi connectivity index (χ1) is 16.4. The van der Waals surface area contributed by atoms with Crippen LogP contribution in [0.4, 0.5) is 5.69 Å². The number of amides is 1. The summed E-state index contributed by atoms with van der Waals surface area (Å²) < 4.78 is 28.6. The number of carbonyl (C=O) groups excluding carboxylic acids is 1. The molecule has 0 saturated heterocycles. The molecule has 0 bridgehead atoms. The molecule has 7 heteroatoms. The standard InChI is InChI=1S/C27H25N3O3S/c1-21-13-15-24(16-14-21)34(32,33)29-26-12-6-5-11-25(26)27(31)30(19-22-8-3-2-4-9-22)20-23-10-7-17-28-18-23/h2-18,29H,19-20H2,1H3. The van der Waals surface area contributed by atoms with Crippen LogP contribution < -0.4 is 4.72 Å². The van der Waals surface area contributed by atoms with Gasteiger partial charge in [-0.05, 0) is 48.4 Å². The molecule has 0 unspecified atom stereocenters. The number of benzene rings is 3. The van der Waals surface area contributed by atoms with Crippen molar-refractivity contribution in [3.8, 4) is 0 Å². The van der Waals surface area contributed by atoms with Crippen molar-refractivity contribution in [3.05, 3.63) is 126 Å². The lowest BCUT2D eigenvalue weighted by molar-refractivity contribution is 0.0731. The Morgan fingerprint density at radius 2 is 1.47 bits per heavy atom. The first-order valence-electron chi connectivity index (χ1n) is 10.8. The molecule has 0 saturated carbocycles. The third-order valence-corrected chi connectivity index (χ3v) is 6.71. The predicted molar refractivity (Wildman–Crippen MR) is 133 cm³/mol. The number of sulfonamides is 1. The lowest BCUT2D eigenvalue weighted by Gasteiger charge is -2.24. The van der Waals surface area contributed by atoms with Gasteiger partial charge >= 0.3 is 0 Å². The van der Waals surface area contributed by atoms with E-state index in [2.05, 4.69) is 9.71 Å². The molecule has 172 valence electrons. The third-order valence-electron chi connectivity index (χ3n) is 5.33. The van der Waals surface area contributed by atoms with Gasteiger partial charge in [-0.15, -0.1) is 0 Å². The van der Waals surface area contributed by atoms with Crippen LogP contribution in [0.25, 0.3) is 0 Å². The number of hydrogen-bond donors (Lipinski definition) is 1. The molecule has 1 N–H and O–H groups in total. The van der Waals surface area contributed by atoms with E-state index in [1.54, 1.807) is 65.8 Å². The van der Waals surface area contributed by atoms with Gasteiger partial charge in [0, 0.05) is 25.5 Å². The zero-order chi connectivity index (χ0) is 24.0. The molecule has 1 amide bonds. The van der Waals surface area contributed by atoms with Crippen LogP contribution in [-0.4, -0.2) is 24.2 Å². The van der Waals surface area contributed by atoms with E-state index in [9.17, 15) is 13.2 Å². The Morgan fingerprint density at radius 1 is 0.824 bits per heavy atom. The molecule has 0 aliphatic heterocycles. The Labute approximate surface area is 200 Å². The fourth-order valence-electron chi connectivity index (χ4n) is 3.57. The van der Waals surface area contributed by atoms with E-state index in [4.69, 9.17) is 0 Å². The minimum Gasteiger partial charge on any atom is -0.330 e. The second kappa shape index (κ2) is 10.3. The molecule has 0 atom stereocenters. The normalized spacial score (nSPS) is 11.1. The molecule has 4 aromatic rings. The summed E-state index contributed by atoms with van der Waals surface area (Å²) in [5, 5.41) is 0. The van der Waals surface area contributed by atoms with Crippen molar-refractivity contribution in [2.45, 2.75) is 24.9 Å². The maximum atomic E-state index is 13.7. The molecule has 0 aliphatic rings. The Bertz CT molecular complexity index is 1320. The fourth-order valence-corrected chi connectivity index (χ4v) is 4.65. The highest BCUT2D eigenvalue weighted by atomic mass is 32.2. The molecule has 6 nitrogen and oxygen atoms in total. The topological polar surface area (TPSA) is 79.4 Å². The van der Waals surface area contributed by atoms with Crippen LogP contribution in [0.3, 0.4) is 0 Å². The van der Waals surface area contributed by atoms with Crippen LogP contribution in [0, 0.1) is 6.92 Å². The molecular formula is C27H25N3O3S. The zero-order valence-corrected chi connectivity index (χ0v) is 19.6. The second-order valence-corrected chi connectivity index (χ2v) is 9.65. The first-order valence-corrected chi connectivity index (χ1v) is 12.3. The number of pyridine rings is 1. The van der Waals surface area contributed by atoms with E-state index < -0.39 is 10.0 Å².